The van der Waals surface area contributed by atoms with Crippen LogP contribution in [-0.4, -0.2) is 69.9 Å². The highest BCUT2D eigenvalue weighted by Gasteiger charge is 2.21. The third-order valence-electron chi connectivity index (χ3n) is 3.53. The summed E-state index contributed by atoms with van der Waals surface area (Å²) in [5.41, 5.74) is 1.96. The number of piperazine rings is 1. The molecular weight excluding hydrogens is 244 g/mol. The average molecular weight is 266 g/mol. The SMILES string of the molecule is Cc1cc(C)n(CC(=O)N2CCN(CCO)CC2)n1. The van der Waals surface area contributed by atoms with Crippen molar-refractivity contribution in [2.75, 3.05) is 39.3 Å². The Morgan fingerprint density at radius 2 is 2.00 bits per heavy atom. The Hall–Kier alpha value is -1.40. The van der Waals surface area contributed by atoms with E-state index in [1.807, 2.05) is 24.8 Å². The Labute approximate surface area is 113 Å². The predicted octanol–water partition coefficient (Wildman–Crippen LogP) is -0.364. The second-order valence-corrected chi connectivity index (χ2v) is 5.03. The molecule has 6 heteroatoms. The quantitative estimate of drug-likeness (QED) is 0.808. The summed E-state index contributed by atoms with van der Waals surface area (Å²) in [5, 5.41) is 13.2. The summed E-state index contributed by atoms with van der Waals surface area (Å²) in [7, 11) is 0. The topological polar surface area (TPSA) is 61.6 Å². The second-order valence-electron chi connectivity index (χ2n) is 5.03. The first-order valence-corrected chi connectivity index (χ1v) is 6.72. The Bertz CT molecular complexity index is 436. The van der Waals surface area contributed by atoms with Crippen molar-refractivity contribution in [3.63, 3.8) is 0 Å². The third-order valence-corrected chi connectivity index (χ3v) is 3.53. The number of nitrogens with zero attached hydrogens (tertiary/aromatic N) is 4. The Balaban J connectivity index is 1.86. The van der Waals surface area contributed by atoms with Crippen LogP contribution in [0.25, 0.3) is 0 Å². The summed E-state index contributed by atoms with van der Waals surface area (Å²) in [6.45, 7) is 8.23. The van der Waals surface area contributed by atoms with Gasteiger partial charge in [-0.05, 0) is 19.9 Å². The van der Waals surface area contributed by atoms with Gasteiger partial charge >= 0.3 is 0 Å². The number of aliphatic hydroxyl groups excluding tert-OH is 1. The summed E-state index contributed by atoms with van der Waals surface area (Å²) >= 11 is 0. The number of aromatic nitrogens is 2. The lowest BCUT2D eigenvalue weighted by Crippen LogP contribution is -2.50. The molecule has 1 aliphatic heterocycles. The zero-order chi connectivity index (χ0) is 13.8. The largest absolute Gasteiger partial charge is 0.395 e. The molecule has 0 atom stereocenters. The number of aliphatic hydroxyl groups is 1. The smallest absolute Gasteiger partial charge is 0.244 e. The van der Waals surface area contributed by atoms with Crippen LogP contribution < -0.4 is 0 Å². The molecule has 1 aromatic heterocycles. The number of β-amino-alcohol motifs (C(OH)–C–C–N with tert-alkyl or cyclic N) is 1. The van der Waals surface area contributed by atoms with Crippen LogP contribution in [-0.2, 0) is 11.3 Å². The first-order chi connectivity index (χ1) is 9.10. The highest BCUT2D eigenvalue weighted by Crippen LogP contribution is 2.06. The van der Waals surface area contributed by atoms with Crippen molar-refractivity contribution >= 4 is 5.91 Å². The fourth-order valence-electron chi connectivity index (χ4n) is 2.43. The molecule has 106 valence electrons. The van der Waals surface area contributed by atoms with Gasteiger partial charge < -0.3 is 10.0 Å². The minimum absolute atomic E-state index is 0.120. The van der Waals surface area contributed by atoms with E-state index in [4.69, 9.17) is 5.11 Å². The van der Waals surface area contributed by atoms with E-state index in [9.17, 15) is 4.79 Å². The van der Waals surface area contributed by atoms with Gasteiger partial charge in [0.05, 0.1) is 12.3 Å². The first-order valence-electron chi connectivity index (χ1n) is 6.72. The summed E-state index contributed by atoms with van der Waals surface area (Å²) in [5.74, 6) is 0.120. The fraction of sp³-hybridized carbons (Fsp3) is 0.692. The second kappa shape index (κ2) is 6.16. The maximum atomic E-state index is 12.2. The van der Waals surface area contributed by atoms with E-state index < -0.39 is 0 Å². The predicted molar refractivity (Wildman–Crippen MR) is 71.8 cm³/mol. The van der Waals surface area contributed by atoms with Gasteiger partial charge in [-0.2, -0.15) is 5.10 Å². The summed E-state index contributed by atoms with van der Waals surface area (Å²) < 4.78 is 1.76. The summed E-state index contributed by atoms with van der Waals surface area (Å²) in [6.07, 6.45) is 0. The van der Waals surface area contributed by atoms with Crippen LogP contribution in [0.5, 0.6) is 0 Å². The highest BCUT2D eigenvalue weighted by atomic mass is 16.3. The van der Waals surface area contributed by atoms with E-state index in [2.05, 4.69) is 10.00 Å². The molecule has 2 rings (SSSR count). The van der Waals surface area contributed by atoms with Crippen LogP contribution in [0.15, 0.2) is 6.07 Å². The van der Waals surface area contributed by atoms with Crippen molar-refractivity contribution < 1.29 is 9.90 Å². The zero-order valence-electron chi connectivity index (χ0n) is 11.7. The van der Waals surface area contributed by atoms with Gasteiger partial charge in [-0.3, -0.25) is 14.4 Å². The molecule has 1 aromatic rings. The zero-order valence-corrected chi connectivity index (χ0v) is 11.7. The number of carbonyl (C=O) groups is 1. The first kappa shape index (κ1) is 14.0. The van der Waals surface area contributed by atoms with Gasteiger partial charge in [-0.1, -0.05) is 0 Å². The molecule has 19 heavy (non-hydrogen) atoms. The molecule has 0 saturated carbocycles. The molecule has 0 unspecified atom stereocenters. The van der Waals surface area contributed by atoms with Crippen molar-refractivity contribution in [2.24, 2.45) is 0 Å². The minimum Gasteiger partial charge on any atom is -0.395 e. The Morgan fingerprint density at radius 3 is 2.53 bits per heavy atom. The molecule has 6 nitrogen and oxygen atoms in total. The van der Waals surface area contributed by atoms with E-state index in [0.717, 1.165) is 37.6 Å². The molecule has 0 spiro atoms. The van der Waals surface area contributed by atoms with E-state index in [0.29, 0.717) is 13.1 Å². The average Bonchev–Trinajstić information content (AvgIpc) is 2.69. The molecule has 1 saturated heterocycles. The Morgan fingerprint density at radius 1 is 1.32 bits per heavy atom. The molecule has 1 amide bonds. The lowest BCUT2D eigenvalue weighted by Gasteiger charge is -2.34. The maximum absolute atomic E-state index is 12.2. The van der Waals surface area contributed by atoms with Crippen LogP contribution >= 0.6 is 0 Å². The molecule has 0 bridgehead atoms. The fourth-order valence-corrected chi connectivity index (χ4v) is 2.43. The monoisotopic (exact) mass is 266 g/mol. The van der Waals surface area contributed by atoms with Crippen molar-refractivity contribution in [1.29, 1.82) is 0 Å². The number of hydrogen-bond donors (Lipinski definition) is 1. The van der Waals surface area contributed by atoms with E-state index in [-0.39, 0.29) is 12.5 Å². The van der Waals surface area contributed by atoms with Crippen molar-refractivity contribution in [3.05, 3.63) is 17.5 Å². The van der Waals surface area contributed by atoms with E-state index in [1.165, 1.54) is 0 Å². The Kier molecular flexibility index (Phi) is 4.55. The van der Waals surface area contributed by atoms with Gasteiger partial charge in [-0.15, -0.1) is 0 Å². The van der Waals surface area contributed by atoms with Crippen LogP contribution in [0, 0.1) is 13.8 Å². The van der Waals surface area contributed by atoms with E-state index in [1.54, 1.807) is 4.68 Å². The molecule has 1 fully saturated rings. The minimum atomic E-state index is 0.120. The molecule has 1 aliphatic rings. The molecule has 1 N–H and O–H groups in total. The molecule has 0 radical (unpaired) electrons. The molecular formula is C13H22N4O2. The van der Waals surface area contributed by atoms with Gasteiger partial charge in [0.25, 0.3) is 0 Å². The molecule has 0 aromatic carbocycles. The summed E-state index contributed by atoms with van der Waals surface area (Å²) in [4.78, 5) is 16.2. The molecule has 0 aliphatic carbocycles. The lowest BCUT2D eigenvalue weighted by molar-refractivity contribution is -0.133. The van der Waals surface area contributed by atoms with Crippen molar-refractivity contribution in [1.82, 2.24) is 19.6 Å². The highest BCUT2D eigenvalue weighted by molar-refractivity contribution is 5.76. The number of aryl methyl sites for hydroxylation is 2. The number of carbonyl (C=O) groups excluding carboxylic acids is 1. The van der Waals surface area contributed by atoms with Crippen LogP contribution in [0.1, 0.15) is 11.4 Å². The van der Waals surface area contributed by atoms with Crippen molar-refractivity contribution in [2.45, 2.75) is 20.4 Å². The normalized spacial score (nSPS) is 16.9. The number of hydrogen-bond acceptors (Lipinski definition) is 4. The van der Waals surface area contributed by atoms with Crippen LogP contribution in [0.2, 0.25) is 0 Å². The maximum Gasteiger partial charge on any atom is 0.244 e. The van der Waals surface area contributed by atoms with Crippen LogP contribution in [0.4, 0.5) is 0 Å². The van der Waals surface area contributed by atoms with Gasteiger partial charge in [-0.25, -0.2) is 0 Å². The van der Waals surface area contributed by atoms with Gasteiger partial charge in [0.2, 0.25) is 5.91 Å². The van der Waals surface area contributed by atoms with Gasteiger partial charge in [0.15, 0.2) is 0 Å². The van der Waals surface area contributed by atoms with Gasteiger partial charge in [0.1, 0.15) is 6.54 Å². The molecule has 2 heterocycles. The standard InChI is InChI=1S/C13H22N4O2/c1-11-9-12(2)17(14-11)10-13(19)16-5-3-15(4-6-16)7-8-18/h9,18H,3-8,10H2,1-2H3. The van der Waals surface area contributed by atoms with E-state index >= 15 is 0 Å². The van der Waals surface area contributed by atoms with Gasteiger partial charge in [0, 0.05) is 38.4 Å². The number of amides is 1. The summed E-state index contributed by atoms with van der Waals surface area (Å²) in [6, 6.07) is 1.98. The number of rotatable bonds is 4. The van der Waals surface area contributed by atoms with Crippen LogP contribution in [0.3, 0.4) is 0 Å². The third kappa shape index (κ3) is 3.54. The van der Waals surface area contributed by atoms with Crippen molar-refractivity contribution in [3.8, 4) is 0 Å². The lowest BCUT2D eigenvalue weighted by atomic mass is 10.3.